The highest BCUT2D eigenvalue weighted by molar-refractivity contribution is 6.35. The largest absolute Gasteiger partial charge is 0.346 e. The Balaban J connectivity index is 2.83. The van der Waals surface area contributed by atoms with E-state index in [0.29, 0.717) is 10.7 Å². The van der Waals surface area contributed by atoms with E-state index in [0.717, 1.165) is 16.6 Å². The van der Waals surface area contributed by atoms with Gasteiger partial charge in [0.1, 0.15) is 5.65 Å². The van der Waals surface area contributed by atoms with Crippen LogP contribution in [-0.2, 0) is 0 Å². The molecule has 4 nitrogen and oxygen atoms in total. The van der Waals surface area contributed by atoms with Gasteiger partial charge in [0.05, 0.1) is 10.7 Å². The zero-order chi connectivity index (χ0) is 10.1. The van der Waals surface area contributed by atoms with Crippen molar-refractivity contribution in [2.24, 2.45) is 10.9 Å². The molecular formula is C9H9ClN4. The normalized spacial score (nSPS) is 12.3. The number of nitrogens with zero attached hydrogens (tertiary/aromatic N) is 2. The van der Waals surface area contributed by atoms with Gasteiger partial charge in [-0.3, -0.25) is 0 Å². The molecule has 0 saturated heterocycles. The molecule has 3 N–H and O–H groups in total. The lowest BCUT2D eigenvalue weighted by atomic mass is 10.1. The second-order valence-corrected chi connectivity index (χ2v) is 3.34. The Kier molecular flexibility index (Phi) is 2.13. The summed E-state index contributed by atoms with van der Waals surface area (Å²) in [6.45, 7) is 1.81. The van der Waals surface area contributed by atoms with E-state index in [1.165, 1.54) is 0 Å². The smallest absolute Gasteiger partial charge is 0.137 e. The van der Waals surface area contributed by atoms with Gasteiger partial charge in [-0.15, -0.1) is 0 Å². The molecule has 0 unspecified atom stereocenters. The van der Waals surface area contributed by atoms with Crippen molar-refractivity contribution in [3.05, 3.63) is 29.0 Å². The Morgan fingerprint density at radius 3 is 3.14 bits per heavy atom. The molecule has 0 aliphatic heterocycles. The van der Waals surface area contributed by atoms with Crippen LogP contribution in [0.2, 0.25) is 5.02 Å². The molecule has 5 heteroatoms. The zero-order valence-electron chi connectivity index (χ0n) is 7.58. The number of hydrazone groups is 1. The van der Waals surface area contributed by atoms with Crippen molar-refractivity contribution in [2.45, 2.75) is 6.92 Å². The van der Waals surface area contributed by atoms with Crippen LogP contribution in [0.25, 0.3) is 11.0 Å². The molecule has 2 heterocycles. The Labute approximate surface area is 85.8 Å². The number of hydrogen-bond acceptors (Lipinski definition) is 3. The molecule has 0 fully saturated rings. The van der Waals surface area contributed by atoms with Crippen LogP contribution in [0, 0.1) is 0 Å². The van der Waals surface area contributed by atoms with Crippen molar-refractivity contribution in [1.82, 2.24) is 9.97 Å². The van der Waals surface area contributed by atoms with Gasteiger partial charge < -0.3 is 10.8 Å². The molecule has 0 atom stereocenters. The average Bonchev–Trinajstić information content (AvgIpc) is 2.64. The van der Waals surface area contributed by atoms with Crippen LogP contribution in [0.1, 0.15) is 12.5 Å². The summed E-state index contributed by atoms with van der Waals surface area (Å²) in [6.07, 6.45) is 3.39. The predicted octanol–water partition coefficient (Wildman–Crippen LogP) is 1.90. The number of fused-ring (bicyclic) bond motifs is 1. The number of nitrogens with two attached hydrogens (primary N) is 1. The van der Waals surface area contributed by atoms with Crippen LogP contribution < -0.4 is 5.84 Å². The van der Waals surface area contributed by atoms with Crippen molar-refractivity contribution in [1.29, 1.82) is 0 Å². The van der Waals surface area contributed by atoms with E-state index in [1.54, 1.807) is 12.4 Å². The predicted molar refractivity (Wildman–Crippen MR) is 57.5 cm³/mol. The SMILES string of the molecule is C/C(=N\N)c1c(Cl)cnc2[nH]ccc12. The molecule has 2 aromatic rings. The van der Waals surface area contributed by atoms with Gasteiger partial charge >= 0.3 is 0 Å². The first-order valence-corrected chi connectivity index (χ1v) is 4.48. The highest BCUT2D eigenvalue weighted by Crippen LogP contribution is 2.23. The summed E-state index contributed by atoms with van der Waals surface area (Å²) in [5.41, 5.74) is 2.31. The number of hydrogen-bond donors (Lipinski definition) is 2. The van der Waals surface area contributed by atoms with E-state index in [-0.39, 0.29) is 0 Å². The summed E-state index contributed by atoms with van der Waals surface area (Å²) >= 11 is 6.02. The van der Waals surface area contributed by atoms with Gasteiger partial charge in [0.2, 0.25) is 0 Å². The number of pyridine rings is 1. The van der Waals surface area contributed by atoms with Gasteiger partial charge in [0.25, 0.3) is 0 Å². The average molecular weight is 209 g/mol. The second-order valence-electron chi connectivity index (χ2n) is 2.94. The molecular weight excluding hydrogens is 200 g/mol. The molecule has 0 radical (unpaired) electrons. The van der Waals surface area contributed by atoms with Crippen LogP contribution in [0.3, 0.4) is 0 Å². The molecule has 72 valence electrons. The molecule has 2 aromatic heterocycles. The van der Waals surface area contributed by atoms with Crippen molar-refractivity contribution in [3.63, 3.8) is 0 Å². The van der Waals surface area contributed by atoms with Crippen LogP contribution >= 0.6 is 11.6 Å². The van der Waals surface area contributed by atoms with E-state index in [9.17, 15) is 0 Å². The van der Waals surface area contributed by atoms with Crippen molar-refractivity contribution in [3.8, 4) is 0 Å². The summed E-state index contributed by atoms with van der Waals surface area (Å²) in [7, 11) is 0. The summed E-state index contributed by atoms with van der Waals surface area (Å²) in [5.74, 6) is 5.23. The molecule has 0 aromatic carbocycles. The van der Waals surface area contributed by atoms with E-state index in [2.05, 4.69) is 15.1 Å². The number of H-pyrrole nitrogens is 1. The highest BCUT2D eigenvalue weighted by Gasteiger charge is 2.10. The maximum Gasteiger partial charge on any atom is 0.137 e. The third-order valence-corrected chi connectivity index (χ3v) is 2.38. The molecule has 2 rings (SSSR count). The molecule has 14 heavy (non-hydrogen) atoms. The van der Waals surface area contributed by atoms with Crippen LogP contribution in [-0.4, -0.2) is 15.7 Å². The first-order valence-electron chi connectivity index (χ1n) is 4.10. The van der Waals surface area contributed by atoms with Gasteiger partial charge in [0, 0.05) is 23.3 Å². The molecule has 0 saturated carbocycles. The van der Waals surface area contributed by atoms with Crippen molar-refractivity contribution >= 4 is 28.3 Å². The fourth-order valence-electron chi connectivity index (χ4n) is 1.42. The fourth-order valence-corrected chi connectivity index (χ4v) is 1.70. The lowest BCUT2D eigenvalue weighted by Crippen LogP contribution is -2.01. The Morgan fingerprint density at radius 1 is 1.64 bits per heavy atom. The quantitative estimate of drug-likeness (QED) is 0.427. The molecule has 0 aliphatic carbocycles. The lowest BCUT2D eigenvalue weighted by molar-refractivity contribution is 1.24. The Hall–Kier alpha value is -1.55. The minimum atomic E-state index is 0.559. The fraction of sp³-hybridized carbons (Fsp3) is 0.111. The third kappa shape index (κ3) is 1.24. The Morgan fingerprint density at radius 2 is 2.43 bits per heavy atom. The minimum absolute atomic E-state index is 0.559. The summed E-state index contributed by atoms with van der Waals surface area (Å²) in [6, 6.07) is 1.90. The summed E-state index contributed by atoms with van der Waals surface area (Å²) in [4.78, 5) is 7.14. The number of halogens is 1. The topological polar surface area (TPSA) is 67.1 Å². The minimum Gasteiger partial charge on any atom is -0.346 e. The summed E-state index contributed by atoms with van der Waals surface area (Å²) in [5, 5.41) is 5.13. The van der Waals surface area contributed by atoms with Gasteiger partial charge in [-0.25, -0.2) is 4.98 Å². The van der Waals surface area contributed by atoms with Crippen molar-refractivity contribution in [2.75, 3.05) is 0 Å². The molecule has 0 amide bonds. The van der Waals surface area contributed by atoms with E-state index < -0.39 is 0 Å². The molecule has 0 bridgehead atoms. The van der Waals surface area contributed by atoms with Crippen molar-refractivity contribution < 1.29 is 0 Å². The number of rotatable bonds is 1. The zero-order valence-corrected chi connectivity index (χ0v) is 8.34. The Bertz CT molecular complexity index is 500. The third-order valence-electron chi connectivity index (χ3n) is 2.10. The highest BCUT2D eigenvalue weighted by atomic mass is 35.5. The van der Waals surface area contributed by atoms with E-state index in [4.69, 9.17) is 17.4 Å². The standard InChI is InChI=1S/C9H9ClN4/c1-5(14-11)8-6-2-3-12-9(6)13-4-7(8)10/h2-4H,11H2,1H3,(H,12,13)/b14-5+. The van der Waals surface area contributed by atoms with Crippen LogP contribution in [0.4, 0.5) is 0 Å². The number of aromatic amines is 1. The number of nitrogens with one attached hydrogen (secondary N) is 1. The molecule has 0 spiro atoms. The summed E-state index contributed by atoms with van der Waals surface area (Å²) < 4.78 is 0. The van der Waals surface area contributed by atoms with Gasteiger partial charge in [-0.1, -0.05) is 11.6 Å². The molecule has 0 aliphatic rings. The first kappa shape index (κ1) is 9.02. The maximum atomic E-state index is 6.02. The van der Waals surface area contributed by atoms with Gasteiger partial charge in [0.15, 0.2) is 0 Å². The second kappa shape index (κ2) is 3.31. The van der Waals surface area contributed by atoms with Crippen LogP contribution in [0.15, 0.2) is 23.6 Å². The van der Waals surface area contributed by atoms with E-state index in [1.807, 2.05) is 13.0 Å². The van der Waals surface area contributed by atoms with Crippen LogP contribution in [0.5, 0.6) is 0 Å². The number of aromatic nitrogens is 2. The monoisotopic (exact) mass is 208 g/mol. The van der Waals surface area contributed by atoms with Gasteiger partial charge in [-0.2, -0.15) is 5.10 Å². The van der Waals surface area contributed by atoms with Gasteiger partial charge in [-0.05, 0) is 13.0 Å². The van der Waals surface area contributed by atoms with E-state index >= 15 is 0 Å². The maximum absolute atomic E-state index is 6.02. The lowest BCUT2D eigenvalue weighted by Gasteiger charge is -2.03. The first-order chi connectivity index (χ1) is 6.74.